The number of aliphatic hydroxyl groups is 1. The van der Waals surface area contributed by atoms with E-state index in [0.717, 1.165) is 31.6 Å². The van der Waals surface area contributed by atoms with Crippen molar-refractivity contribution in [3.05, 3.63) is 33.7 Å². The maximum atomic E-state index is 12.9. The molecular formula is C22H34N4O4. The first-order valence-corrected chi connectivity index (χ1v) is 10.9. The molecule has 1 aromatic rings. The van der Waals surface area contributed by atoms with Gasteiger partial charge >= 0.3 is 0 Å². The Morgan fingerprint density at radius 1 is 1.17 bits per heavy atom. The van der Waals surface area contributed by atoms with Gasteiger partial charge in [-0.2, -0.15) is 0 Å². The molecule has 2 N–H and O–H groups in total. The number of β-amino-alcohol motifs (C(OH)–C–C–N with tert-alkyl or cyclic N) is 1. The highest BCUT2D eigenvalue weighted by Crippen LogP contribution is 2.25. The fourth-order valence-electron chi connectivity index (χ4n) is 4.54. The van der Waals surface area contributed by atoms with Crippen LogP contribution in [0.4, 0.5) is 0 Å². The second-order valence-electron chi connectivity index (χ2n) is 8.87. The van der Waals surface area contributed by atoms with Gasteiger partial charge in [0, 0.05) is 58.4 Å². The van der Waals surface area contributed by atoms with Crippen molar-refractivity contribution < 1.29 is 14.7 Å². The molecule has 166 valence electrons. The normalized spacial score (nSPS) is 23.8. The third kappa shape index (κ3) is 5.29. The van der Waals surface area contributed by atoms with Gasteiger partial charge in [-0.05, 0) is 51.2 Å². The number of hydrogen-bond acceptors (Lipinski definition) is 5. The molecule has 1 atom stereocenters. The van der Waals surface area contributed by atoms with Gasteiger partial charge in [-0.3, -0.25) is 14.4 Å². The van der Waals surface area contributed by atoms with Gasteiger partial charge in [0.05, 0.1) is 5.60 Å². The van der Waals surface area contributed by atoms with Crippen molar-refractivity contribution in [2.75, 3.05) is 32.7 Å². The highest BCUT2D eigenvalue weighted by molar-refractivity contribution is 5.93. The van der Waals surface area contributed by atoms with E-state index >= 15 is 0 Å². The first kappa shape index (κ1) is 22.5. The summed E-state index contributed by atoms with van der Waals surface area (Å²) in [7, 11) is 1.67. The topological polar surface area (TPSA) is 94.9 Å². The minimum atomic E-state index is -0.839. The molecular weight excluding hydrogens is 384 g/mol. The van der Waals surface area contributed by atoms with Gasteiger partial charge in [0.2, 0.25) is 5.91 Å². The number of piperidine rings is 1. The largest absolute Gasteiger partial charge is 0.388 e. The number of hydrogen-bond donors (Lipinski definition) is 2. The Bertz CT molecular complexity index is 844. The van der Waals surface area contributed by atoms with Gasteiger partial charge in [0.25, 0.3) is 11.5 Å². The molecule has 1 aromatic heterocycles. The van der Waals surface area contributed by atoms with Crippen LogP contribution in [0.5, 0.6) is 0 Å². The zero-order valence-electron chi connectivity index (χ0n) is 18.3. The third-order valence-corrected chi connectivity index (χ3v) is 6.50. The van der Waals surface area contributed by atoms with Crippen LogP contribution < -0.4 is 10.9 Å². The number of aromatic nitrogens is 1. The summed E-state index contributed by atoms with van der Waals surface area (Å²) in [6, 6.07) is 3.61. The highest BCUT2D eigenvalue weighted by atomic mass is 16.3. The maximum absolute atomic E-state index is 12.9. The Kier molecular flexibility index (Phi) is 6.98. The van der Waals surface area contributed by atoms with E-state index in [1.807, 2.05) is 6.92 Å². The summed E-state index contributed by atoms with van der Waals surface area (Å²) in [4.78, 5) is 40.6. The van der Waals surface area contributed by atoms with Crippen molar-refractivity contribution in [3.63, 3.8) is 0 Å². The van der Waals surface area contributed by atoms with Gasteiger partial charge in [-0.1, -0.05) is 0 Å². The van der Waals surface area contributed by atoms with E-state index in [2.05, 4.69) is 10.2 Å². The van der Waals surface area contributed by atoms with Crippen molar-refractivity contribution >= 4 is 11.8 Å². The number of pyridine rings is 1. The van der Waals surface area contributed by atoms with Crippen LogP contribution in [-0.2, 0) is 11.8 Å². The molecule has 2 amide bonds. The summed E-state index contributed by atoms with van der Waals surface area (Å²) >= 11 is 0. The summed E-state index contributed by atoms with van der Waals surface area (Å²) in [5.41, 5.74) is -0.118. The van der Waals surface area contributed by atoms with Crippen LogP contribution >= 0.6 is 0 Å². The minimum Gasteiger partial charge on any atom is -0.388 e. The standard InChI is InChI=1S/C22H34N4O4/c1-16-5-6-19(20(28)24(16)3)21(29)26-11-4-9-22(30,10-14-26)15-25-12-7-18(8-13-25)23-17(2)27/h5-6,18,30H,4,7-15H2,1-3H3,(H,23,27)/t22-/m0/s1. The Balaban J connectivity index is 1.58. The molecule has 30 heavy (non-hydrogen) atoms. The fraction of sp³-hybridized carbons (Fsp3) is 0.682. The van der Waals surface area contributed by atoms with Gasteiger partial charge in [-0.15, -0.1) is 0 Å². The first-order valence-electron chi connectivity index (χ1n) is 10.9. The van der Waals surface area contributed by atoms with Crippen LogP contribution in [0.15, 0.2) is 16.9 Å². The molecule has 0 aromatic carbocycles. The third-order valence-electron chi connectivity index (χ3n) is 6.50. The monoisotopic (exact) mass is 418 g/mol. The van der Waals surface area contributed by atoms with E-state index in [4.69, 9.17) is 0 Å². The van der Waals surface area contributed by atoms with Gasteiger partial charge < -0.3 is 24.8 Å². The molecule has 0 saturated carbocycles. The molecule has 2 aliphatic heterocycles. The lowest BCUT2D eigenvalue weighted by molar-refractivity contribution is -0.120. The number of amides is 2. The molecule has 3 heterocycles. The fourth-order valence-corrected chi connectivity index (χ4v) is 4.54. The second-order valence-corrected chi connectivity index (χ2v) is 8.87. The van der Waals surface area contributed by atoms with Crippen molar-refractivity contribution in [1.82, 2.24) is 19.7 Å². The average molecular weight is 419 g/mol. The summed E-state index contributed by atoms with van der Waals surface area (Å²) in [6.07, 6.45) is 3.61. The molecule has 0 unspecified atom stereocenters. The molecule has 2 fully saturated rings. The predicted octanol–water partition coefficient (Wildman–Crippen LogP) is 0.651. The van der Waals surface area contributed by atoms with E-state index in [-0.39, 0.29) is 29.0 Å². The summed E-state index contributed by atoms with van der Waals surface area (Å²) in [5.74, 6) is -0.250. The lowest BCUT2D eigenvalue weighted by Crippen LogP contribution is -2.50. The molecule has 8 heteroatoms. The molecule has 2 aliphatic rings. The zero-order chi connectivity index (χ0) is 21.9. The Hall–Kier alpha value is -2.19. The molecule has 8 nitrogen and oxygen atoms in total. The number of carbonyl (C=O) groups excluding carboxylic acids is 2. The van der Waals surface area contributed by atoms with E-state index in [1.54, 1.807) is 31.0 Å². The summed E-state index contributed by atoms with van der Waals surface area (Å²) in [6.45, 7) is 6.62. The number of nitrogens with zero attached hydrogens (tertiary/aromatic N) is 3. The zero-order valence-corrected chi connectivity index (χ0v) is 18.3. The van der Waals surface area contributed by atoms with Crippen molar-refractivity contribution in [3.8, 4) is 0 Å². The van der Waals surface area contributed by atoms with Crippen LogP contribution in [0.2, 0.25) is 0 Å². The van der Waals surface area contributed by atoms with Crippen LogP contribution in [0.25, 0.3) is 0 Å². The number of nitrogens with one attached hydrogen (secondary N) is 1. The van der Waals surface area contributed by atoms with E-state index in [1.165, 1.54) is 4.57 Å². The van der Waals surface area contributed by atoms with Crippen LogP contribution in [0, 0.1) is 6.92 Å². The molecule has 0 aliphatic carbocycles. The summed E-state index contributed by atoms with van der Waals surface area (Å²) < 4.78 is 1.49. The van der Waals surface area contributed by atoms with E-state index in [9.17, 15) is 19.5 Å². The number of carbonyl (C=O) groups is 2. The van der Waals surface area contributed by atoms with Crippen molar-refractivity contribution in [2.45, 2.75) is 57.6 Å². The molecule has 0 bridgehead atoms. The van der Waals surface area contributed by atoms with Crippen molar-refractivity contribution in [2.24, 2.45) is 7.05 Å². The van der Waals surface area contributed by atoms with Gasteiger partial charge in [-0.25, -0.2) is 0 Å². The molecule has 0 spiro atoms. The Labute approximate surface area is 177 Å². The Morgan fingerprint density at radius 2 is 1.87 bits per heavy atom. The van der Waals surface area contributed by atoms with Crippen LogP contribution in [-0.4, -0.2) is 75.7 Å². The molecule has 0 radical (unpaired) electrons. The number of rotatable bonds is 4. The van der Waals surface area contributed by atoms with Crippen molar-refractivity contribution in [1.29, 1.82) is 0 Å². The number of aryl methyl sites for hydroxylation is 1. The minimum absolute atomic E-state index is 0.00372. The SMILES string of the molecule is CC(=O)NC1CCN(C[C@]2(O)CCCN(C(=O)c3ccc(C)n(C)c3=O)CC2)CC1. The first-order chi connectivity index (χ1) is 14.2. The smallest absolute Gasteiger partial charge is 0.263 e. The molecule has 3 rings (SSSR count). The second kappa shape index (κ2) is 9.31. The van der Waals surface area contributed by atoms with Crippen LogP contribution in [0.3, 0.4) is 0 Å². The maximum Gasteiger partial charge on any atom is 0.263 e. The van der Waals surface area contributed by atoms with E-state index in [0.29, 0.717) is 38.9 Å². The van der Waals surface area contributed by atoms with Gasteiger partial charge in [0.15, 0.2) is 0 Å². The highest BCUT2D eigenvalue weighted by Gasteiger charge is 2.35. The summed E-state index contributed by atoms with van der Waals surface area (Å²) in [5, 5.41) is 14.2. The average Bonchev–Trinajstić information content (AvgIpc) is 2.89. The van der Waals surface area contributed by atoms with E-state index < -0.39 is 5.60 Å². The molecule has 2 saturated heterocycles. The lowest BCUT2D eigenvalue weighted by Gasteiger charge is -2.38. The van der Waals surface area contributed by atoms with Gasteiger partial charge in [0.1, 0.15) is 5.56 Å². The van der Waals surface area contributed by atoms with Crippen LogP contribution in [0.1, 0.15) is 55.1 Å². The predicted molar refractivity (Wildman–Crippen MR) is 114 cm³/mol. The quantitative estimate of drug-likeness (QED) is 0.749. The lowest BCUT2D eigenvalue weighted by atomic mass is 9.93. The Morgan fingerprint density at radius 3 is 2.53 bits per heavy atom. The number of likely N-dealkylation sites (tertiary alicyclic amines) is 2.